The van der Waals surface area contributed by atoms with Gasteiger partial charge in [-0.1, -0.05) is 31.5 Å². The van der Waals surface area contributed by atoms with Gasteiger partial charge in [-0.25, -0.2) is 4.39 Å². The van der Waals surface area contributed by atoms with Gasteiger partial charge in [-0.2, -0.15) is 0 Å². The van der Waals surface area contributed by atoms with E-state index in [9.17, 15) is 14.0 Å². The fourth-order valence-corrected chi connectivity index (χ4v) is 4.07. The van der Waals surface area contributed by atoms with E-state index in [1.165, 1.54) is 19.2 Å². The van der Waals surface area contributed by atoms with Crippen LogP contribution < -0.4 is 9.47 Å². The summed E-state index contributed by atoms with van der Waals surface area (Å²) in [4.78, 5) is 27.7. The molecule has 2 aromatic carbocycles. The van der Waals surface area contributed by atoms with E-state index in [1.807, 2.05) is 24.3 Å². The molecule has 0 unspecified atom stereocenters. The van der Waals surface area contributed by atoms with Crippen LogP contribution in [-0.2, 0) is 20.9 Å². The molecule has 0 aromatic heterocycles. The summed E-state index contributed by atoms with van der Waals surface area (Å²) in [5.41, 5.74) is 1.40. The number of methoxy groups -OCH3 is 2. The molecular formula is C25H30FNO5. The highest BCUT2D eigenvalue weighted by Crippen LogP contribution is 2.38. The van der Waals surface area contributed by atoms with Gasteiger partial charge in [0.05, 0.1) is 26.2 Å². The van der Waals surface area contributed by atoms with Crippen LogP contribution in [0.4, 0.5) is 4.39 Å². The highest BCUT2D eigenvalue weighted by atomic mass is 19.1. The van der Waals surface area contributed by atoms with Crippen molar-refractivity contribution in [1.82, 2.24) is 4.90 Å². The van der Waals surface area contributed by atoms with Gasteiger partial charge in [-0.15, -0.1) is 0 Å². The van der Waals surface area contributed by atoms with Crippen LogP contribution in [-0.4, -0.2) is 37.5 Å². The molecule has 0 N–H and O–H groups in total. The highest BCUT2D eigenvalue weighted by Gasteiger charge is 2.41. The number of nitrogens with zero attached hydrogens (tertiary/aromatic N) is 1. The summed E-state index contributed by atoms with van der Waals surface area (Å²) in [7, 11) is 2.99. The van der Waals surface area contributed by atoms with Crippen molar-refractivity contribution in [2.45, 2.75) is 45.3 Å². The minimum atomic E-state index is -0.508. The van der Waals surface area contributed by atoms with Crippen molar-refractivity contribution in [3.8, 4) is 11.5 Å². The van der Waals surface area contributed by atoms with Gasteiger partial charge in [0.1, 0.15) is 12.4 Å². The zero-order valence-electron chi connectivity index (χ0n) is 18.8. The number of benzene rings is 2. The number of hydrogen-bond acceptors (Lipinski definition) is 5. The fourth-order valence-electron chi connectivity index (χ4n) is 4.07. The number of esters is 1. The minimum absolute atomic E-state index is 0.0422. The lowest BCUT2D eigenvalue weighted by atomic mass is 9.84. The van der Waals surface area contributed by atoms with E-state index in [0.29, 0.717) is 30.7 Å². The first-order valence-electron chi connectivity index (χ1n) is 10.9. The van der Waals surface area contributed by atoms with Gasteiger partial charge in [0.2, 0.25) is 5.91 Å². The standard InChI is InChI=1S/C25H30FNO5/c1-4-5-14-27-23(28)13-11-20(24(27)18-7-9-19(30-2)10-8-18)25(29)32-16-17-6-12-22(31-3)21(26)15-17/h6-10,12,15,20,24H,4-5,11,13-14,16H2,1-3H3/t20-,24+/m0/s1. The monoisotopic (exact) mass is 443 g/mol. The number of ether oxygens (including phenoxy) is 3. The van der Waals surface area contributed by atoms with Gasteiger partial charge in [0.15, 0.2) is 11.6 Å². The van der Waals surface area contributed by atoms with Crippen LogP contribution in [0.15, 0.2) is 42.5 Å². The third kappa shape index (κ3) is 5.39. The molecule has 1 heterocycles. The second kappa shape index (κ2) is 11.0. The van der Waals surface area contributed by atoms with Crippen molar-refractivity contribution in [2.24, 2.45) is 5.92 Å². The van der Waals surface area contributed by atoms with Gasteiger partial charge in [-0.3, -0.25) is 9.59 Å². The number of carbonyl (C=O) groups is 2. The molecule has 172 valence electrons. The zero-order valence-corrected chi connectivity index (χ0v) is 18.8. The summed E-state index contributed by atoms with van der Waals surface area (Å²) in [5.74, 6) is -0.516. The first-order valence-corrected chi connectivity index (χ1v) is 10.9. The van der Waals surface area contributed by atoms with Crippen molar-refractivity contribution in [2.75, 3.05) is 20.8 Å². The Kier molecular flexibility index (Phi) is 8.09. The molecule has 3 rings (SSSR count). The average Bonchev–Trinajstić information content (AvgIpc) is 2.81. The molecule has 1 aliphatic heterocycles. The lowest BCUT2D eigenvalue weighted by Crippen LogP contribution is -2.46. The van der Waals surface area contributed by atoms with Crippen LogP contribution in [0, 0.1) is 11.7 Å². The Morgan fingerprint density at radius 3 is 2.50 bits per heavy atom. The summed E-state index contributed by atoms with van der Waals surface area (Å²) in [5, 5.41) is 0. The summed E-state index contributed by atoms with van der Waals surface area (Å²) in [6.45, 7) is 2.60. The van der Waals surface area contributed by atoms with Crippen LogP contribution in [0.1, 0.15) is 49.8 Å². The van der Waals surface area contributed by atoms with E-state index in [-0.39, 0.29) is 18.3 Å². The number of carbonyl (C=O) groups excluding carboxylic acids is 2. The van der Waals surface area contributed by atoms with E-state index in [2.05, 4.69) is 6.92 Å². The van der Waals surface area contributed by atoms with Crippen molar-refractivity contribution in [3.63, 3.8) is 0 Å². The number of halogens is 1. The molecule has 7 heteroatoms. The largest absolute Gasteiger partial charge is 0.497 e. The molecule has 1 fully saturated rings. The molecule has 1 aliphatic rings. The van der Waals surface area contributed by atoms with Gasteiger partial charge in [0.25, 0.3) is 0 Å². The lowest BCUT2D eigenvalue weighted by molar-refractivity contribution is -0.158. The Morgan fingerprint density at radius 2 is 1.88 bits per heavy atom. The van der Waals surface area contributed by atoms with E-state index < -0.39 is 23.7 Å². The van der Waals surface area contributed by atoms with Crippen molar-refractivity contribution in [1.29, 1.82) is 0 Å². The maximum Gasteiger partial charge on any atom is 0.311 e. The third-order valence-electron chi connectivity index (χ3n) is 5.82. The number of piperidine rings is 1. The summed E-state index contributed by atoms with van der Waals surface area (Å²) in [6, 6.07) is 11.5. The molecule has 6 nitrogen and oxygen atoms in total. The topological polar surface area (TPSA) is 65.1 Å². The first-order chi connectivity index (χ1) is 15.5. The average molecular weight is 444 g/mol. The second-order valence-electron chi connectivity index (χ2n) is 7.88. The summed E-state index contributed by atoms with van der Waals surface area (Å²) in [6.07, 6.45) is 2.50. The van der Waals surface area contributed by atoms with Crippen LogP contribution in [0.25, 0.3) is 0 Å². The molecule has 0 saturated carbocycles. The van der Waals surface area contributed by atoms with Crippen molar-refractivity contribution < 1.29 is 28.2 Å². The second-order valence-corrected chi connectivity index (χ2v) is 7.88. The molecule has 0 spiro atoms. The molecule has 0 bridgehead atoms. The Bertz CT molecular complexity index is 930. The van der Waals surface area contributed by atoms with Gasteiger partial charge in [-0.05, 0) is 48.2 Å². The van der Waals surface area contributed by atoms with Crippen LogP contribution in [0.3, 0.4) is 0 Å². The molecule has 1 amide bonds. The number of rotatable bonds is 9. The van der Waals surface area contributed by atoms with Crippen molar-refractivity contribution in [3.05, 3.63) is 59.4 Å². The molecule has 2 atom stereocenters. The van der Waals surface area contributed by atoms with Gasteiger partial charge in [0, 0.05) is 13.0 Å². The molecular weight excluding hydrogens is 413 g/mol. The normalized spacial score (nSPS) is 18.4. The Labute approximate surface area is 188 Å². The number of hydrogen-bond donors (Lipinski definition) is 0. The van der Waals surface area contributed by atoms with E-state index >= 15 is 0 Å². The van der Waals surface area contributed by atoms with Crippen molar-refractivity contribution >= 4 is 11.9 Å². The Balaban J connectivity index is 1.81. The predicted octanol–water partition coefficient (Wildman–Crippen LogP) is 4.67. The molecule has 0 radical (unpaired) electrons. The predicted molar refractivity (Wildman–Crippen MR) is 118 cm³/mol. The summed E-state index contributed by atoms with van der Waals surface area (Å²) >= 11 is 0. The smallest absolute Gasteiger partial charge is 0.311 e. The molecule has 2 aromatic rings. The number of unbranched alkanes of at least 4 members (excludes halogenated alkanes) is 1. The molecule has 0 aliphatic carbocycles. The third-order valence-corrected chi connectivity index (χ3v) is 5.82. The maximum atomic E-state index is 14.0. The fraction of sp³-hybridized carbons (Fsp3) is 0.440. The van der Waals surface area contributed by atoms with E-state index in [0.717, 1.165) is 18.4 Å². The van der Waals surface area contributed by atoms with Gasteiger partial charge < -0.3 is 19.1 Å². The van der Waals surface area contributed by atoms with Crippen LogP contribution in [0.2, 0.25) is 0 Å². The SMILES string of the molecule is CCCCN1C(=O)CC[C@H](C(=O)OCc2ccc(OC)c(F)c2)[C@H]1c1ccc(OC)cc1. The first kappa shape index (κ1) is 23.6. The Morgan fingerprint density at radius 1 is 1.12 bits per heavy atom. The molecule has 1 saturated heterocycles. The van der Waals surface area contributed by atoms with Gasteiger partial charge >= 0.3 is 5.97 Å². The van der Waals surface area contributed by atoms with Crippen LogP contribution in [0.5, 0.6) is 11.5 Å². The number of amides is 1. The maximum absolute atomic E-state index is 14.0. The van der Waals surface area contributed by atoms with Crippen LogP contribution >= 0.6 is 0 Å². The Hall–Kier alpha value is -3.09. The number of likely N-dealkylation sites (tertiary alicyclic amines) is 1. The highest BCUT2D eigenvalue weighted by molar-refractivity contribution is 5.82. The molecule has 32 heavy (non-hydrogen) atoms. The minimum Gasteiger partial charge on any atom is -0.497 e. The van der Waals surface area contributed by atoms with E-state index in [1.54, 1.807) is 18.1 Å². The summed E-state index contributed by atoms with van der Waals surface area (Å²) < 4.78 is 29.7. The van der Waals surface area contributed by atoms with E-state index in [4.69, 9.17) is 14.2 Å². The lowest BCUT2D eigenvalue weighted by Gasteiger charge is -2.40. The zero-order chi connectivity index (χ0) is 23.1. The quantitative estimate of drug-likeness (QED) is 0.527.